The van der Waals surface area contributed by atoms with Crippen LogP contribution in [0.3, 0.4) is 0 Å². The van der Waals surface area contributed by atoms with E-state index in [-0.39, 0.29) is 17.1 Å². The predicted octanol–water partition coefficient (Wildman–Crippen LogP) is 4.62. The minimum Gasteiger partial charge on any atom is -0.493 e. The molecule has 0 aromatic heterocycles. The highest BCUT2D eigenvalue weighted by atomic mass is 79.9. The van der Waals surface area contributed by atoms with E-state index in [0.717, 1.165) is 10.8 Å². The molecule has 3 aromatic carbocycles. The van der Waals surface area contributed by atoms with Gasteiger partial charge in [-0.15, -0.1) is 0 Å². The van der Waals surface area contributed by atoms with E-state index in [1.54, 1.807) is 12.1 Å². The number of amides is 1. The Morgan fingerprint density at radius 3 is 2.55 bits per heavy atom. The Kier molecular flexibility index (Phi) is 6.90. The molecule has 0 aliphatic heterocycles. The number of nitrogens with one attached hydrogen (secondary N) is 1. The molecule has 2 N–H and O–H groups in total. The number of nitrogens with zero attached hydrogens (tertiary/aromatic N) is 1. The van der Waals surface area contributed by atoms with Gasteiger partial charge in [-0.1, -0.05) is 46.3 Å². The molecule has 0 heterocycles. The zero-order valence-corrected chi connectivity index (χ0v) is 18.0. The van der Waals surface area contributed by atoms with Crippen molar-refractivity contribution in [2.24, 2.45) is 0 Å². The third kappa shape index (κ3) is 5.41. The Hall–Kier alpha value is -3.83. The number of hydrogen-bond acceptors (Lipinski definition) is 5. The lowest BCUT2D eigenvalue weighted by Crippen LogP contribution is -2.13. The molecule has 0 atom stereocenters. The van der Waals surface area contributed by atoms with Gasteiger partial charge in [0.1, 0.15) is 11.6 Å². The van der Waals surface area contributed by atoms with Crippen molar-refractivity contribution in [2.75, 3.05) is 19.0 Å². The van der Waals surface area contributed by atoms with Crippen LogP contribution in [0.1, 0.15) is 5.56 Å². The molecule has 3 rings (SSSR count). The van der Waals surface area contributed by atoms with Crippen molar-refractivity contribution in [1.29, 1.82) is 5.26 Å². The Bertz CT molecular complexity index is 1230. The van der Waals surface area contributed by atoms with Gasteiger partial charge < -0.3 is 19.9 Å². The van der Waals surface area contributed by atoms with Gasteiger partial charge in [-0.05, 0) is 46.7 Å². The molecule has 8 heteroatoms. The summed E-state index contributed by atoms with van der Waals surface area (Å²) in [5.74, 6) is -1.20. The molecule has 156 valence electrons. The summed E-state index contributed by atoms with van der Waals surface area (Å²) in [7, 11) is 1.40. The molecule has 0 spiro atoms. The number of carbonyl (C=O) groups is 2. The van der Waals surface area contributed by atoms with Gasteiger partial charge in [-0.3, -0.25) is 4.79 Å². The fourth-order valence-electron chi connectivity index (χ4n) is 2.84. The van der Waals surface area contributed by atoms with E-state index in [1.807, 2.05) is 42.5 Å². The summed E-state index contributed by atoms with van der Waals surface area (Å²) in [6.45, 7) is -0.532. The van der Waals surface area contributed by atoms with Crippen molar-refractivity contribution in [1.82, 2.24) is 0 Å². The van der Waals surface area contributed by atoms with Crippen LogP contribution < -0.4 is 14.8 Å². The molecule has 0 radical (unpaired) electrons. The van der Waals surface area contributed by atoms with Crippen molar-refractivity contribution in [3.63, 3.8) is 0 Å². The highest BCUT2D eigenvalue weighted by Crippen LogP contribution is 2.34. The number of rotatable bonds is 7. The van der Waals surface area contributed by atoms with Crippen LogP contribution in [0.2, 0.25) is 0 Å². The number of aliphatic carboxylic acids is 1. The van der Waals surface area contributed by atoms with Gasteiger partial charge >= 0.3 is 5.97 Å². The summed E-state index contributed by atoms with van der Waals surface area (Å²) in [5.41, 5.74) is 0.943. The molecule has 0 saturated heterocycles. The average molecular weight is 481 g/mol. The van der Waals surface area contributed by atoms with E-state index in [4.69, 9.17) is 14.6 Å². The number of ether oxygens (including phenoxy) is 2. The topological polar surface area (TPSA) is 109 Å². The molecule has 0 aliphatic rings. The average Bonchev–Trinajstić information content (AvgIpc) is 2.76. The fraction of sp³-hybridized carbons (Fsp3) is 0.0870. The molecule has 0 saturated carbocycles. The van der Waals surface area contributed by atoms with Gasteiger partial charge in [0.05, 0.1) is 7.11 Å². The van der Waals surface area contributed by atoms with Gasteiger partial charge in [0.15, 0.2) is 18.1 Å². The molecule has 0 aliphatic carbocycles. The number of fused-ring (bicyclic) bond motifs is 1. The summed E-state index contributed by atoms with van der Waals surface area (Å²) in [6.07, 6.45) is 1.41. The van der Waals surface area contributed by atoms with Crippen molar-refractivity contribution in [3.05, 3.63) is 70.2 Å². The van der Waals surface area contributed by atoms with Crippen molar-refractivity contribution < 1.29 is 24.2 Å². The fourth-order valence-corrected chi connectivity index (χ4v) is 3.28. The van der Waals surface area contributed by atoms with E-state index < -0.39 is 18.5 Å². The minimum atomic E-state index is -1.13. The highest BCUT2D eigenvalue weighted by molar-refractivity contribution is 9.10. The first-order valence-electron chi connectivity index (χ1n) is 9.05. The standard InChI is InChI=1S/C23H17BrN2O5/c1-30-20-10-16(19(24)11-21(20)31-13-22(27)28)8-17(12-25)23(29)26-18-7-6-14-4-2-3-5-15(14)9-18/h2-11H,13H2,1H3,(H,26,29)(H,27,28)/b17-8-. The van der Waals surface area contributed by atoms with Crippen LogP contribution in [0, 0.1) is 11.3 Å². The molecule has 3 aromatic rings. The minimum absolute atomic E-state index is 0.116. The Morgan fingerprint density at radius 2 is 1.87 bits per heavy atom. The smallest absolute Gasteiger partial charge is 0.341 e. The Labute approximate surface area is 186 Å². The first-order chi connectivity index (χ1) is 14.9. The lowest BCUT2D eigenvalue weighted by Gasteiger charge is -2.12. The van der Waals surface area contributed by atoms with Gasteiger partial charge in [0, 0.05) is 10.2 Å². The molecule has 0 fully saturated rings. The van der Waals surface area contributed by atoms with Gasteiger partial charge in [0.25, 0.3) is 5.91 Å². The van der Waals surface area contributed by atoms with Crippen LogP contribution in [0.25, 0.3) is 16.8 Å². The zero-order valence-electron chi connectivity index (χ0n) is 16.4. The number of halogens is 1. The van der Waals surface area contributed by atoms with Crippen molar-refractivity contribution in [2.45, 2.75) is 0 Å². The number of carbonyl (C=O) groups excluding carboxylic acids is 1. The summed E-state index contributed by atoms with van der Waals surface area (Å²) < 4.78 is 10.9. The lowest BCUT2D eigenvalue weighted by atomic mass is 10.1. The lowest BCUT2D eigenvalue weighted by molar-refractivity contribution is -0.139. The number of benzene rings is 3. The molecule has 1 amide bonds. The second kappa shape index (κ2) is 9.78. The van der Waals surface area contributed by atoms with Crippen LogP contribution in [0.5, 0.6) is 11.5 Å². The third-order valence-electron chi connectivity index (χ3n) is 4.31. The van der Waals surface area contributed by atoms with E-state index >= 15 is 0 Å². The quantitative estimate of drug-likeness (QED) is 0.377. The van der Waals surface area contributed by atoms with Crippen LogP contribution >= 0.6 is 15.9 Å². The van der Waals surface area contributed by atoms with Crippen molar-refractivity contribution >= 4 is 50.3 Å². The summed E-state index contributed by atoms with van der Waals surface area (Å²) >= 11 is 3.35. The van der Waals surface area contributed by atoms with E-state index in [9.17, 15) is 14.9 Å². The molecule has 7 nitrogen and oxygen atoms in total. The number of hydrogen-bond donors (Lipinski definition) is 2. The maximum absolute atomic E-state index is 12.7. The van der Waals surface area contributed by atoms with Crippen LogP contribution in [-0.4, -0.2) is 30.7 Å². The summed E-state index contributed by atoms with van der Waals surface area (Å²) in [4.78, 5) is 23.4. The van der Waals surface area contributed by atoms with Gasteiger partial charge in [0.2, 0.25) is 0 Å². The number of carboxylic acid groups (broad SMARTS) is 1. The van der Waals surface area contributed by atoms with E-state index in [0.29, 0.717) is 15.7 Å². The van der Waals surface area contributed by atoms with Crippen LogP contribution in [0.15, 0.2) is 64.6 Å². The molecule has 0 bridgehead atoms. The third-order valence-corrected chi connectivity index (χ3v) is 4.99. The SMILES string of the molecule is COc1cc(/C=C(/C#N)C(=O)Nc2ccc3ccccc3c2)c(Br)cc1OCC(=O)O. The molecule has 0 unspecified atom stereocenters. The number of anilines is 1. The first kappa shape index (κ1) is 21.9. The molecular weight excluding hydrogens is 464 g/mol. The van der Waals surface area contributed by atoms with Gasteiger partial charge in [-0.2, -0.15) is 5.26 Å². The number of carboxylic acids is 1. The number of nitriles is 1. The van der Waals surface area contributed by atoms with Crippen molar-refractivity contribution in [3.8, 4) is 17.6 Å². The second-order valence-corrected chi connectivity index (χ2v) is 7.25. The Morgan fingerprint density at radius 1 is 1.13 bits per heavy atom. The molecule has 31 heavy (non-hydrogen) atoms. The largest absolute Gasteiger partial charge is 0.493 e. The summed E-state index contributed by atoms with van der Waals surface area (Å²) in [5, 5.41) is 23.0. The van der Waals surface area contributed by atoms with E-state index in [2.05, 4.69) is 21.2 Å². The monoisotopic (exact) mass is 480 g/mol. The normalized spacial score (nSPS) is 10.9. The van der Waals surface area contributed by atoms with Crippen LogP contribution in [-0.2, 0) is 9.59 Å². The highest BCUT2D eigenvalue weighted by Gasteiger charge is 2.14. The zero-order chi connectivity index (χ0) is 22.4. The van der Waals surface area contributed by atoms with Gasteiger partial charge in [-0.25, -0.2) is 4.79 Å². The first-order valence-corrected chi connectivity index (χ1v) is 9.84. The van der Waals surface area contributed by atoms with E-state index in [1.165, 1.54) is 19.3 Å². The molecular formula is C23H17BrN2O5. The maximum atomic E-state index is 12.7. The maximum Gasteiger partial charge on any atom is 0.341 e. The summed E-state index contributed by atoms with van der Waals surface area (Å²) in [6, 6.07) is 18.2. The predicted molar refractivity (Wildman–Crippen MR) is 120 cm³/mol. The van der Waals surface area contributed by atoms with Crippen LogP contribution in [0.4, 0.5) is 5.69 Å². The second-order valence-electron chi connectivity index (χ2n) is 6.39. The Balaban J connectivity index is 1.86. The number of methoxy groups -OCH3 is 1.